The lowest BCUT2D eigenvalue weighted by molar-refractivity contribution is 0.565. The Morgan fingerprint density at radius 3 is 1.58 bits per heavy atom. The van der Waals surface area contributed by atoms with Crippen LogP contribution in [0.4, 0.5) is 0 Å². The van der Waals surface area contributed by atoms with Crippen molar-refractivity contribution < 1.29 is 5.11 Å². The number of aliphatic hydroxyl groups is 1. The zero-order valence-electron chi connectivity index (χ0n) is 7.66. The molecule has 0 unspecified atom stereocenters. The van der Waals surface area contributed by atoms with Crippen molar-refractivity contribution in [2.75, 3.05) is 0 Å². The molecule has 0 aliphatic carbocycles. The molecule has 0 aliphatic heterocycles. The van der Waals surface area contributed by atoms with Gasteiger partial charge in [-0.15, -0.1) is 0 Å². The highest BCUT2D eigenvalue weighted by atomic mass is 32.1. The van der Waals surface area contributed by atoms with Crippen molar-refractivity contribution in [2.24, 2.45) is 0 Å². The van der Waals surface area contributed by atoms with E-state index in [-0.39, 0.29) is 5.05 Å². The van der Waals surface area contributed by atoms with Crippen LogP contribution in [0.2, 0.25) is 0 Å². The van der Waals surface area contributed by atoms with Crippen LogP contribution in [0.1, 0.15) is 18.1 Å². The van der Waals surface area contributed by atoms with Gasteiger partial charge in [0, 0.05) is 6.92 Å². The van der Waals surface area contributed by atoms with Gasteiger partial charge in [-0.2, -0.15) is 0 Å². The summed E-state index contributed by atoms with van der Waals surface area (Å²) in [7, 11) is 0. The topological polar surface area (TPSA) is 20.2 Å². The van der Waals surface area contributed by atoms with Gasteiger partial charge in [0.2, 0.25) is 0 Å². The minimum absolute atomic E-state index is 0.000000000000000222. The van der Waals surface area contributed by atoms with Crippen molar-refractivity contribution in [1.82, 2.24) is 0 Å². The molecule has 0 aromatic heterocycles. The Morgan fingerprint density at radius 1 is 1.17 bits per heavy atom. The molecule has 0 atom stereocenters. The van der Waals surface area contributed by atoms with Crippen molar-refractivity contribution in [2.45, 2.75) is 20.8 Å². The largest absolute Gasteiger partial charge is 0.502 e. The first-order valence-electron chi connectivity index (χ1n) is 3.76. The maximum atomic E-state index is 7.79. The molecule has 1 N–H and O–H groups in total. The van der Waals surface area contributed by atoms with E-state index in [4.69, 9.17) is 5.11 Å². The molecule has 1 rings (SSSR count). The first kappa shape index (κ1) is 11.1. The highest BCUT2D eigenvalue weighted by Gasteiger charge is 1.83. The van der Waals surface area contributed by atoms with Gasteiger partial charge >= 0.3 is 0 Å². The van der Waals surface area contributed by atoms with Gasteiger partial charge < -0.3 is 5.11 Å². The number of hydrogen-bond acceptors (Lipinski definition) is 1. The fourth-order valence-corrected chi connectivity index (χ4v) is 0.663. The molecule has 0 radical (unpaired) electrons. The molecule has 12 heavy (non-hydrogen) atoms. The van der Waals surface area contributed by atoms with Crippen molar-refractivity contribution in [1.29, 1.82) is 0 Å². The monoisotopic (exact) mass is 182 g/mol. The number of aryl methyl sites for hydroxylation is 2. The van der Waals surface area contributed by atoms with E-state index in [1.165, 1.54) is 18.1 Å². The number of rotatable bonds is 0. The van der Waals surface area contributed by atoms with E-state index in [2.05, 4.69) is 50.3 Å². The van der Waals surface area contributed by atoms with Crippen molar-refractivity contribution in [3.05, 3.63) is 35.4 Å². The van der Waals surface area contributed by atoms with Crippen LogP contribution < -0.4 is 0 Å². The molecule has 0 amide bonds. The van der Waals surface area contributed by atoms with Gasteiger partial charge in [0.15, 0.2) is 5.05 Å². The third-order valence-electron chi connectivity index (χ3n) is 1.43. The van der Waals surface area contributed by atoms with Gasteiger partial charge in [0.25, 0.3) is 0 Å². The average molecular weight is 182 g/mol. The Labute approximate surface area is 79.1 Å². The summed E-state index contributed by atoms with van der Waals surface area (Å²) in [6.45, 7) is 5.69. The highest BCUT2D eigenvalue weighted by molar-refractivity contribution is 7.79. The highest BCUT2D eigenvalue weighted by Crippen LogP contribution is 2.02. The summed E-state index contributed by atoms with van der Waals surface area (Å²) >= 11 is 4.09. The van der Waals surface area contributed by atoms with Gasteiger partial charge in [0.1, 0.15) is 0 Å². The molecular formula is C10H14OS. The molecule has 1 nitrogen and oxygen atoms in total. The Morgan fingerprint density at radius 2 is 1.42 bits per heavy atom. The van der Waals surface area contributed by atoms with E-state index < -0.39 is 0 Å². The fraction of sp³-hybridized carbons (Fsp3) is 0.300. The van der Waals surface area contributed by atoms with Gasteiger partial charge in [-0.1, -0.05) is 24.3 Å². The van der Waals surface area contributed by atoms with Crippen LogP contribution >= 0.6 is 12.2 Å². The first-order chi connectivity index (χ1) is 5.54. The number of hydrogen-bond donors (Lipinski definition) is 1. The van der Waals surface area contributed by atoms with E-state index in [0.717, 1.165) is 0 Å². The quantitative estimate of drug-likeness (QED) is 0.622. The molecule has 1 aromatic rings. The minimum Gasteiger partial charge on any atom is -0.502 e. The molecule has 0 saturated carbocycles. The summed E-state index contributed by atoms with van der Waals surface area (Å²) < 4.78 is 0. The van der Waals surface area contributed by atoms with E-state index in [1.54, 1.807) is 0 Å². The smallest absolute Gasteiger partial charge is 0.153 e. The minimum atomic E-state index is 0.000000000000000222. The zero-order chi connectivity index (χ0) is 9.56. The second-order valence-electron chi connectivity index (χ2n) is 2.60. The maximum Gasteiger partial charge on any atom is 0.153 e. The lowest BCUT2D eigenvalue weighted by Gasteiger charge is -1.93. The van der Waals surface area contributed by atoms with Crippen molar-refractivity contribution in [3.8, 4) is 0 Å². The van der Waals surface area contributed by atoms with Gasteiger partial charge in [-0.05, 0) is 37.2 Å². The second kappa shape index (κ2) is 5.72. The lowest BCUT2D eigenvalue weighted by Crippen LogP contribution is -1.74. The molecular weight excluding hydrogens is 168 g/mol. The molecule has 0 spiro atoms. The van der Waals surface area contributed by atoms with Gasteiger partial charge in [-0.25, -0.2) is 0 Å². The van der Waals surface area contributed by atoms with E-state index in [9.17, 15) is 0 Å². The van der Waals surface area contributed by atoms with Crippen molar-refractivity contribution >= 4 is 17.3 Å². The Hall–Kier alpha value is -0.890. The Bertz CT molecular complexity index is 231. The molecule has 1 aromatic carbocycles. The summed E-state index contributed by atoms with van der Waals surface area (Å²) in [5.41, 5.74) is 2.74. The van der Waals surface area contributed by atoms with Gasteiger partial charge in [-0.3, -0.25) is 0 Å². The summed E-state index contributed by atoms with van der Waals surface area (Å²) in [4.78, 5) is 0. The molecule has 0 aliphatic rings. The average Bonchev–Trinajstić information content (AvgIpc) is 1.94. The van der Waals surface area contributed by atoms with Gasteiger partial charge in [0.05, 0.1) is 0 Å². The van der Waals surface area contributed by atoms with Crippen LogP contribution in [0, 0.1) is 13.8 Å². The summed E-state index contributed by atoms with van der Waals surface area (Å²) in [6, 6.07) is 8.36. The fourth-order valence-electron chi connectivity index (χ4n) is 0.663. The zero-order valence-corrected chi connectivity index (χ0v) is 8.48. The van der Waals surface area contributed by atoms with Crippen LogP contribution in [0.15, 0.2) is 24.3 Å². The molecule has 66 valence electrons. The standard InChI is InChI=1S/C8H10.C2H4OS/c1-7-5-3-4-6-8(7)2;1-2(3)4/h3-6H,1-2H3;1H3,(H,3,4). The molecule has 0 heterocycles. The third-order valence-corrected chi connectivity index (χ3v) is 1.43. The molecule has 0 fully saturated rings. The third kappa shape index (κ3) is 5.86. The van der Waals surface area contributed by atoms with Crippen LogP contribution in [-0.2, 0) is 0 Å². The summed E-state index contributed by atoms with van der Waals surface area (Å²) in [6.07, 6.45) is 0. The number of benzene rings is 1. The predicted octanol–water partition coefficient (Wildman–Crippen LogP) is 3.20. The molecule has 0 bridgehead atoms. The predicted molar refractivity (Wildman–Crippen MR) is 56.8 cm³/mol. The van der Waals surface area contributed by atoms with Crippen LogP contribution in [0.3, 0.4) is 0 Å². The Balaban J connectivity index is 0.000000261. The van der Waals surface area contributed by atoms with E-state index in [0.29, 0.717) is 0 Å². The first-order valence-corrected chi connectivity index (χ1v) is 4.16. The summed E-state index contributed by atoms with van der Waals surface area (Å²) in [5.74, 6) is 0. The normalized spacial score (nSPS) is 8.25. The van der Waals surface area contributed by atoms with Crippen LogP contribution in [0.25, 0.3) is 0 Å². The Kier molecular flexibility index (Phi) is 5.30. The van der Waals surface area contributed by atoms with Crippen molar-refractivity contribution in [3.63, 3.8) is 0 Å². The SMILES string of the molecule is CC(O)=S.Cc1ccccc1C. The second-order valence-corrected chi connectivity index (χ2v) is 3.19. The van der Waals surface area contributed by atoms with Crippen LogP contribution in [0.5, 0.6) is 0 Å². The summed E-state index contributed by atoms with van der Waals surface area (Å²) in [5, 5.41) is 7.79. The van der Waals surface area contributed by atoms with Crippen LogP contribution in [-0.4, -0.2) is 10.2 Å². The van der Waals surface area contributed by atoms with E-state index >= 15 is 0 Å². The molecule has 0 saturated heterocycles. The number of thiocarbonyl (C=S) groups is 1. The number of aliphatic hydroxyl groups excluding tert-OH is 1. The molecule has 2 heteroatoms. The van der Waals surface area contributed by atoms with E-state index in [1.807, 2.05) is 0 Å². The lowest BCUT2D eigenvalue weighted by atomic mass is 10.1. The maximum absolute atomic E-state index is 7.79.